The van der Waals surface area contributed by atoms with E-state index >= 15 is 0 Å². The first-order chi connectivity index (χ1) is 16.3. The van der Waals surface area contributed by atoms with Crippen LogP contribution in [0.4, 0.5) is 0 Å². The van der Waals surface area contributed by atoms with Crippen molar-refractivity contribution in [3.05, 3.63) is 70.8 Å². The Morgan fingerprint density at radius 2 is 1.68 bits per heavy atom. The first kappa shape index (κ1) is 25.6. The van der Waals surface area contributed by atoms with Crippen LogP contribution in [0.15, 0.2) is 48.5 Å². The number of rotatable bonds is 8. The van der Waals surface area contributed by atoms with E-state index in [1.165, 1.54) is 18.9 Å². The van der Waals surface area contributed by atoms with Crippen LogP contribution in [-0.2, 0) is 11.3 Å². The number of carbonyl (C=O) groups excluding carboxylic acids is 2. The van der Waals surface area contributed by atoms with Crippen molar-refractivity contribution in [1.29, 1.82) is 0 Å². The van der Waals surface area contributed by atoms with Crippen molar-refractivity contribution in [2.24, 2.45) is 0 Å². The van der Waals surface area contributed by atoms with Crippen LogP contribution in [0.1, 0.15) is 40.4 Å². The Kier molecular flexibility index (Phi) is 8.97. The van der Waals surface area contributed by atoms with Crippen LogP contribution >= 0.6 is 0 Å². The fourth-order valence-corrected chi connectivity index (χ4v) is 3.97. The standard InChI is InChI=1S/C27H33N3O4/c1-19(32)26(25(33)18-31)28-27(34)23-12-10-21(11-13-23)5-4-20-6-8-22(9-7-20)16-30-15-14-24(17-30)29(2)3/h6-13,19,24,26,31-32H,14-18H2,1-3H3,(H,28,34)/t19-,24-,26+/m1/s1. The zero-order valence-electron chi connectivity index (χ0n) is 20.0. The van der Waals surface area contributed by atoms with Crippen molar-refractivity contribution < 1.29 is 19.8 Å². The van der Waals surface area contributed by atoms with Gasteiger partial charge in [-0.1, -0.05) is 24.0 Å². The van der Waals surface area contributed by atoms with Crippen LogP contribution in [0, 0.1) is 11.8 Å². The van der Waals surface area contributed by atoms with Gasteiger partial charge in [0.1, 0.15) is 12.6 Å². The molecule has 2 aromatic rings. The Bertz CT molecular complexity index is 1040. The third kappa shape index (κ3) is 6.99. The number of hydrogen-bond donors (Lipinski definition) is 3. The molecular formula is C27H33N3O4. The van der Waals surface area contributed by atoms with Gasteiger partial charge in [-0.25, -0.2) is 0 Å². The monoisotopic (exact) mass is 463 g/mol. The number of nitrogens with zero attached hydrogens (tertiary/aromatic N) is 2. The number of amides is 1. The van der Waals surface area contributed by atoms with E-state index in [4.69, 9.17) is 5.11 Å². The minimum absolute atomic E-state index is 0.338. The number of Topliss-reactive ketones (excluding diaryl/α,β-unsaturated/α-hetero) is 1. The van der Waals surface area contributed by atoms with Gasteiger partial charge < -0.3 is 20.4 Å². The van der Waals surface area contributed by atoms with E-state index in [9.17, 15) is 14.7 Å². The van der Waals surface area contributed by atoms with Crippen molar-refractivity contribution in [3.8, 4) is 11.8 Å². The molecule has 1 heterocycles. The predicted octanol–water partition coefficient (Wildman–Crippen LogP) is 1.26. The molecule has 2 aromatic carbocycles. The third-order valence-electron chi connectivity index (χ3n) is 6.11. The van der Waals surface area contributed by atoms with Crippen molar-refractivity contribution >= 4 is 11.7 Å². The highest BCUT2D eigenvalue weighted by atomic mass is 16.3. The summed E-state index contributed by atoms with van der Waals surface area (Å²) in [5, 5.41) is 21.1. The van der Waals surface area contributed by atoms with E-state index in [-0.39, 0.29) is 0 Å². The third-order valence-corrected chi connectivity index (χ3v) is 6.11. The summed E-state index contributed by atoms with van der Waals surface area (Å²) in [6.45, 7) is 3.80. The van der Waals surface area contributed by atoms with Gasteiger partial charge in [-0.3, -0.25) is 14.5 Å². The molecule has 1 amide bonds. The van der Waals surface area contributed by atoms with Crippen molar-refractivity contribution in [1.82, 2.24) is 15.1 Å². The molecule has 0 saturated carbocycles. The van der Waals surface area contributed by atoms with Crippen molar-refractivity contribution in [2.45, 2.75) is 38.1 Å². The van der Waals surface area contributed by atoms with E-state index in [1.807, 2.05) is 12.1 Å². The second-order valence-electron chi connectivity index (χ2n) is 8.98. The van der Waals surface area contributed by atoms with E-state index < -0.39 is 30.4 Å². The number of aliphatic hydroxyl groups excluding tert-OH is 2. The number of aliphatic hydroxyl groups is 2. The number of hydrogen-bond acceptors (Lipinski definition) is 6. The molecule has 3 rings (SSSR count). The number of benzene rings is 2. The first-order valence-electron chi connectivity index (χ1n) is 11.5. The smallest absolute Gasteiger partial charge is 0.251 e. The largest absolute Gasteiger partial charge is 0.391 e. The predicted molar refractivity (Wildman–Crippen MR) is 131 cm³/mol. The molecule has 1 aliphatic rings. The molecule has 0 bridgehead atoms. The summed E-state index contributed by atoms with van der Waals surface area (Å²) in [5.41, 5.74) is 3.28. The Morgan fingerprint density at radius 3 is 2.18 bits per heavy atom. The number of nitrogens with one attached hydrogen (secondary N) is 1. The Morgan fingerprint density at radius 1 is 1.09 bits per heavy atom. The zero-order chi connectivity index (χ0) is 24.7. The molecule has 3 atom stereocenters. The quantitative estimate of drug-likeness (QED) is 0.511. The lowest BCUT2D eigenvalue weighted by molar-refractivity contribution is -0.125. The Balaban J connectivity index is 1.57. The molecule has 7 heteroatoms. The van der Waals surface area contributed by atoms with Crippen molar-refractivity contribution in [2.75, 3.05) is 33.8 Å². The molecule has 7 nitrogen and oxygen atoms in total. The summed E-state index contributed by atoms with van der Waals surface area (Å²) in [6.07, 6.45) is 0.101. The van der Waals surface area contributed by atoms with E-state index in [0.717, 1.165) is 30.8 Å². The highest BCUT2D eigenvalue weighted by Gasteiger charge is 2.25. The topological polar surface area (TPSA) is 93.1 Å². The van der Waals surface area contributed by atoms with E-state index in [0.29, 0.717) is 11.6 Å². The van der Waals surface area contributed by atoms with Crippen molar-refractivity contribution in [3.63, 3.8) is 0 Å². The molecule has 3 N–H and O–H groups in total. The molecule has 0 unspecified atom stereocenters. The summed E-state index contributed by atoms with van der Waals surface area (Å²) in [6, 6.07) is 14.5. The maximum absolute atomic E-state index is 12.4. The van der Waals surface area contributed by atoms with Crippen LogP contribution in [0.25, 0.3) is 0 Å². The van der Waals surface area contributed by atoms with E-state index in [2.05, 4.69) is 53.2 Å². The molecule has 1 saturated heterocycles. The SMILES string of the molecule is C[C@@H](O)[C@H](NC(=O)c1ccc(C#Cc2ccc(CN3CC[C@@H](N(C)C)C3)cc2)cc1)C(=O)CO. The number of ketones is 1. The van der Waals surface area contributed by atoms with Gasteiger partial charge in [0.2, 0.25) is 0 Å². The number of likely N-dealkylation sites (tertiary alicyclic amines) is 1. The first-order valence-corrected chi connectivity index (χ1v) is 11.5. The van der Waals surface area contributed by atoms with Gasteiger partial charge in [0, 0.05) is 42.4 Å². The van der Waals surface area contributed by atoms with E-state index in [1.54, 1.807) is 24.3 Å². The lowest BCUT2D eigenvalue weighted by Crippen LogP contribution is -2.48. The summed E-state index contributed by atoms with van der Waals surface area (Å²) in [5.74, 6) is 5.10. The van der Waals surface area contributed by atoms with Gasteiger partial charge in [-0.2, -0.15) is 0 Å². The lowest BCUT2D eigenvalue weighted by atomic mass is 10.1. The maximum Gasteiger partial charge on any atom is 0.251 e. The Hall–Kier alpha value is -3.02. The molecule has 1 fully saturated rings. The minimum atomic E-state index is -1.15. The van der Waals surface area contributed by atoms with Gasteiger partial charge in [-0.15, -0.1) is 0 Å². The second kappa shape index (κ2) is 11.9. The molecule has 0 radical (unpaired) electrons. The summed E-state index contributed by atoms with van der Waals surface area (Å²) >= 11 is 0. The van der Waals surface area contributed by atoms with Gasteiger partial charge in [0.15, 0.2) is 5.78 Å². The fourth-order valence-electron chi connectivity index (χ4n) is 3.97. The molecular weight excluding hydrogens is 430 g/mol. The highest BCUT2D eigenvalue weighted by molar-refractivity contribution is 5.98. The molecule has 1 aliphatic heterocycles. The van der Waals surface area contributed by atoms with Crippen LogP contribution in [0.2, 0.25) is 0 Å². The fraction of sp³-hybridized carbons (Fsp3) is 0.407. The highest BCUT2D eigenvalue weighted by Crippen LogP contribution is 2.16. The summed E-state index contributed by atoms with van der Waals surface area (Å²) in [4.78, 5) is 28.8. The molecule has 0 spiro atoms. The summed E-state index contributed by atoms with van der Waals surface area (Å²) in [7, 11) is 4.27. The normalized spacial score (nSPS) is 17.6. The van der Waals surface area contributed by atoms with Crippen LogP contribution in [0.5, 0.6) is 0 Å². The Labute approximate surface area is 201 Å². The number of likely N-dealkylation sites (N-methyl/N-ethyl adjacent to an activating group) is 1. The van der Waals surface area contributed by atoms with Gasteiger partial charge in [-0.05, 0) is 69.4 Å². The van der Waals surface area contributed by atoms with Crippen LogP contribution in [0.3, 0.4) is 0 Å². The average molecular weight is 464 g/mol. The molecule has 0 aliphatic carbocycles. The molecule has 0 aromatic heterocycles. The average Bonchev–Trinajstić information content (AvgIpc) is 3.30. The summed E-state index contributed by atoms with van der Waals surface area (Å²) < 4.78 is 0. The minimum Gasteiger partial charge on any atom is -0.391 e. The number of carbonyl (C=O) groups is 2. The maximum atomic E-state index is 12.4. The van der Waals surface area contributed by atoms with Gasteiger partial charge >= 0.3 is 0 Å². The van der Waals surface area contributed by atoms with Crippen LogP contribution in [-0.4, -0.2) is 83.7 Å². The molecule has 34 heavy (non-hydrogen) atoms. The molecule has 180 valence electrons. The second-order valence-corrected chi connectivity index (χ2v) is 8.98. The lowest BCUT2D eigenvalue weighted by Gasteiger charge is -2.20. The zero-order valence-corrected chi connectivity index (χ0v) is 20.0. The van der Waals surface area contributed by atoms with Crippen LogP contribution < -0.4 is 5.32 Å². The van der Waals surface area contributed by atoms with Gasteiger partial charge in [0.25, 0.3) is 5.91 Å². The van der Waals surface area contributed by atoms with Gasteiger partial charge in [0.05, 0.1) is 6.10 Å².